The third-order valence-electron chi connectivity index (χ3n) is 4.84. The lowest BCUT2D eigenvalue weighted by molar-refractivity contribution is -0.136. The molecule has 128 valence electrons. The maximum atomic E-state index is 12.1. The molecule has 1 aliphatic carbocycles. The fourth-order valence-electron chi connectivity index (χ4n) is 3.26. The molecular weight excluding hydrogens is 308 g/mol. The highest BCUT2D eigenvalue weighted by atomic mass is 16.2. The Hall–Kier alpha value is -2.48. The van der Waals surface area contributed by atoms with Crippen LogP contribution in [0.25, 0.3) is 11.0 Å². The fraction of sp³-hybridized carbons (Fsp3) is 0.500. The number of aromatic amines is 1. The van der Waals surface area contributed by atoms with Crippen LogP contribution in [0.15, 0.2) is 18.3 Å². The molecule has 0 bridgehead atoms. The third kappa shape index (κ3) is 3.09. The van der Waals surface area contributed by atoms with Gasteiger partial charge < -0.3 is 15.5 Å². The Bertz CT molecular complexity index is 748. The number of carbonyl (C=O) groups excluding carboxylic acids is 2. The van der Waals surface area contributed by atoms with Gasteiger partial charge in [0.05, 0.1) is 5.39 Å². The van der Waals surface area contributed by atoms with E-state index >= 15 is 0 Å². The normalized spacial score (nSPS) is 16.5. The van der Waals surface area contributed by atoms with Crippen molar-refractivity contribution >= 4 is 28.7 Å². The number of nitrogens with one attached hydrogen (secondary N) is 3. The highest BCUT2D eigenvalue weighted by molar-refractivity contribution is 6.40. The standard InChI is InChI=1S/C16H22N6O2/c1-22(2)16(7-3-4-8-16)10-18-14(23)15(24)19-13-11-6-5-9-17-12(11)20-21-13/h5-6,9H,3-4,7-8,10H2,1-2H3,(H,18,23)(H2,17,19,20,21,24). The molecule has 0 aliphatic heterocycles. The summed E-state index contributed by atoms with van der Waals surface area (Å²) in [6, 6.07) is 3.52. The van der Waals surface area contributed by atoms with Crippen molar-refractivity contribution in [1.29, 1.82) is 0 Å². The maximum Gasteiger partial charge on any atom is 0.314 e. The number of fused-ring (bicyclic) bond motifs is 1. The summed E-state index contributed by atoms with van der Waals surface area (Å²) in [7, 11) is 4.03. The van der Waals surface area contributed by atoms with Crippen molar-refractivity contribution in [3.8, 4) is 0 Å². The molecule has 2 heterocycles. The van der Waals surface area contributed by atoms with Gasteiger partial charge >= 0.3 is 11.8 Å². The van der Waals surface area contributed by atoms with E-state index in [1.807, 2.05) is 14.1 Å². The number of rotatable bonds is 4. The summed E-state index contributed by atoms with van der Waals surface area (Å²) in [5.41, 5.74) is 0.436. The van der Waals surface area contributed by atoms with E-state index in [9.17, 15) is 9.59 Å². The number of hydrogen-bond donors (Lipinski definition) is 3. The summed E-state index contributed by atoms with van der Waals surface area (Å²) in [5.74, 6) is -0.979. The summed E-state index contributed by atoms with van der Waals surface area (Å²) < 4.78 is 0. The SMILES string of the molecule is CN(C)C1(CNC(=O)C(=O)Nc2[nH]nc3ncccc23)CCCC1. The topological polar surface area (TPSA) is 103 Å². The van der Waals surface area contributed by atoms with Gasteiger partial charge in [0.25, 0.3) is 0 Å². The van der Waals surface area contributed by atoms with Gasteiger partial charge in [-0.15, -0.1) is 0 Å². The molecule has 0 aromatic carbocycles. The van der Waals surface area contributed by atoms with E-state index in [1.165, 1.54) is 0 Å². The molecule has 8 nitrogen and oxygen atoms in total. The van der Waals surface area contributed by atoms with Crippen molar-refractivity contribution < 1.29 is 9.59 Å². The number of H-pyrrole nitrogens is 1. The number of amides is 2. The van der Waals surface area contributed by atoms with Gasteiger partial charge in [0, 0.05) is 18.3 Å². The molecule has 3 N–H and O–H groups in total. The molecule has 24 heavy (non-hydrogen) atoms. The first-order valence-electron chi connectivity index (χ1n) is 8.07. The second-order valence-corrected chi connectivity index (χ2v) is 6.44. The van der Waals surface area contributed by atoms with Gasteiger partial charge in [-0.25, -0.2) is 4.98 Å². The lowest BCUT2D eigenvalue weighted by Gasteiger charge is -2.36. The number of likely N-dealkylation sites (N-methyl/N-ethyl adjacent to an activating group) is 1. The van der Waals surface area contributed by atoms with Crippen molar-refractivity contribution in [3.05, 3.63) is 18.3 Å². The molecule has 0 spiro atoms. The number of hydrogen-bond acceptors (Lipinski definition) is 5. The zero-order valence-electron chi connectivity index (χ0n) is 13.9. The molecule has 2 aromatic rings. The molecule has 0 radical (unpaired) electrons. The van der Waals surface area contributed by atoms with Crippen LogP contribution in [0, 0.1) is 0 Å². The van der Waals surface area contributed by atoms with E-state index in [0.717, 1.165) is 25.7 Å². The van der Waals surface area contributed by atoms with Gasteiger partial charge in [0.15, 0.2) is 5.65 Å². The van der Waals surface area contributed by atoms with Gasteiger partial charge in [-0.05, 0) is 39.1 Å². The first kappa shape index (κ1) is 16.4. The molecule has 0 unspecified atom stereocenters. The summed E-state index contributed by atoms with van der Waals surface area (Å²) in [6.45, 7) is 0.470. The minimum Gasteiger partial charge on any atom is -0.346 e. The van der Waals surface area contributed by atoms with Crippen molar-refractivity contribution in [3.63, 3.8) is 0 Å². The summed E-state index contributed by atoms with van der Waals surface area (Å²) in [5, 5.41) is 12.7. The second kappa shape index (κ2) is 6.56. The molecule has 1 fully saturated rings. The van der Waals surface area contributed by atoms with Crippen LogP contribution in [0.4, 0.5) is 5.82 Å². The van der Waals surface area contributed by atoms with Crippen LogP contribution in [0.5, 0.6) is 0 Å². The largest absolute Gasteiger partial charge is 0.346 e. The van der Waals surface area contributed by atoms with Crippen molar-refractivity contribution in [1.82, 2.24) is 25.4 Å². The summed E-state index contributed by atoms with van der Waals surface area (Å²) in [6.07, 6.45) is 5.96. The summed E-state index contributed by atoms with van der Waals surface area (Å²) >= 11 is 0. The molecule has 8 heteroatoms. The second-order valence-electron chi connectivity index (χ2n) is 6.44. The van der Waals surface area contributed by atoms with Crippen LogP contribution in [0.3, 0.4) is 0 Å². The highest BCUT2D eigenvalue weighted by Crippen LogP contribution is 2.33. The quantitative estimate of drug-likeness (QED) is 0.722. The predicted molar refractivity (Wildman–Crippen MR) is 90.4 cm³/mol. The average molecular weight is 330 g/mol. The fourth-order valence-corrected chi connectivity index (χ4v) is 3.26. The van der Waals surface area contributed by atoms with Crippen LogP contribution < -0.4 is 10.6 Å². The molecule has 0 atom stereocenters. The number of aromatic nitrogens is 3. The van der Waals surface area contributed by atoms with Gasteiger partial charge in [-0.3, -0.25) is 14.7 Å². The van der Waals surface area contributed by atoms with Crippen molar-refractivity contribution in [2.75, 3.05) is 26.0 Å². The van der Waals surface area contributed by atoms with E-state index in [-0.39, 0.29) is 5.54 Å². The Labute approximate surface area is 140 Å². The first-order chi connectivity index (χ1) is 11.5. The molecule has 2 aromatic heterocycles. The minimum atomic E-state index is -0.712. The van der Waals surface area contributed by atoms with E-state index in [0.29, 0.717) is 23.4 Å². The Morgan fingerprint density at radius 1 is 1.29 bits per heavy atom. The molecular formula is C16H22N6O2. The Balaban J connectivity index is 1.62. The Morgan fingerprint density at radius 2 is 2.04 bits per heavy atom. The van der Waals surface area contributed by atoms with Gasteiger partial charge in [-0.1, -0.05) is 12.8 Å². The van der Waals surface area contributed by atoms with Crippen LogP contribution in [-0.2, 0) is 9.59 Å². The van der Waals surface area contributed by atoms with Gasteiger partial charge in [0.2, 0.25) is 0 Å². The van der Waals surface area contributed by atoms with Crippen LogP contribution in [0.1, 0.15) is 25.7 Å². The third-order valence-corrected chi connectivity index (χ3v) is 4.84. The van der Waals surface area contributed by atoms with Crippen LogP contribution in [-0.4, -0.2) is 58.1 Å². The highest BCUT2D eigenvalue weighted by Gasteiger charge is 2.36. The van der Waals surface area contributed by atoms with Gasteiger partial charge in [-0.2, -0.15) is 5.10 Å². The number of carbonyl (C=O) groups is 2. The molecule has 2 amide bonds. The van der Waals surface area contributed by atoms with E-state index < -0.39 is 11.8 Å². The molecule has 1 aliphatic rings. The van der Waals surface area contributed by atoms with Crippen molar-refractivity contribution in [2.24, 2.45) is 0 Å². The predicted octanol–water partition coefficient (Wildman–Crippen LogP) is 0.887. The number of pyridine rings is 1. The number of nitrogens with zero attached hydrogens (tertiary/aromatic N) is 3. The molecule has 1 saturated carbocycles. The van der Waals surface area contributed by atoms with E-state index in [1.54, 1.807) is 18.3 Å². The van der Waals surface area contributed by atoms with Crippen LogP contribution >= 0.6 is 0 Å². The van der Waals surface area contributed by atoms with Crippen molar-refractivity contribution in [2.45, 2.75) is 31.2 Å². The van der Waals surface area contributed by atoms with E-state index in [2.05, 4.69) is 30.7 Å². The lowest BCUT2D eigenvalue weighted by atomic mass is 9.96. The zero-order valence-corrected chi connectivity index (χ0v) is 13.9. The molecule has 3 rings (SSSR count). The minimum absolute atomic E-state index is 0.0550. The smallest absolute Gasteiger partial charge is 0.314 e. The lowest BCUT2D eigenvalue weighted by Crippen LogP contribution is -2.52. The molecule has 0 saturated heterocycles. The van der Waals surface area contributed by atoms with E-state index in [4.69, 9.17) is 0 Å². The zero-order chi connectivity index (χ0) is 17.2. The maximum absolute atomic E-state index is 12.1. The Kier molecular flexibility index (Phi) is 4.48. The average Bonchev–Trinajstić information content (AvgIpc) is 3.21. The van der Waals surface area contributed by atoms with Crippen LogP contribution in [0.2, 0.25) is 0 Å². The number of anilines is 1. The Morgan fingerprint density at radius 3 is 2.75 bits per heavy atom. The summed E-state index contributed by atoms with van der Waals surface area (Å²) in [4.78, 5) is 30.5. The monoisotopic (exact) mass is 330 g/mol. The first-order valence-corrected chi connectivity index (χ1v) is 8.07. The van der Waals surface area contributed by atoms with Gasteiger partial charge in [0.1, 0.15) is 5.82 Å².